The number of hydrogen-bond acceptors (Lipinski definition) is 2. The highest BCUT2D eigenvalue weighted by molar-refractivity contribution is 5.36. The van der Waals surface area contributed by atoms with Crippen LogP contribution < -0.4 is 5.32 Å². The fourth-order valence-electron chi connectivity index (χ4n) is 3.16. The normalized spacial score (nSPS) is 21.6. The summed E-state index contributed by atoms with van der Waals surface area (Å²) in [5.41, 5.74) is 2.79. The Kier molecular flexibility index (Phi) is 2.62. The molecule has 0 bridgehead atoms. The van der Waals surface area contributed by atoms with Crippen molar-refractivity contribution in [2.24, 2.45) is 0 Å². The quantitative estimate of drug-likeness (QED) is 0.786. The van der Waals surface area contributed by atoms with Crippen LogP contribution in [0, 0.1) is 6.92 Å². The van der Waals surface area contributed by atoms with Crippen LogP contribution in [0.15, 0.2) is 0 Å². The lowest BCUT2D eigenvalue weighted by Gasteiger charge is -2.20. The minimum absolute atomic E-state index is 0.730. The average Bonchev–Trinajstić information content (AvgIpc) is 2.69. The minimum Gasteiger partial charge on any atom is -0.356 e. The molecule has 1 fully saturated rings. The third-order valence-electron chi connectivity index (χ3n) is 4.09. The second-order valence-corrected chi connectivity index (χ2v) is 5.17. The highest BCUT2D eigenvalue weighted by Crippen LogP contribution is 2.35. The van der Waals surface area contributed by atoms with Crippen LogP contribution in [0.5, 0.6) is 0 Å². The van der Waals surface area contributed by atoms with Crippen LogP contribution in [0.1, 0.15) is 55.8 Å². The third-order valence-corrected chi connectivity index (χ3v) is 4.09. The molecule has 2 heterocycles. The number of nitrogens with one attached hydrogen (secondary N) is 1. The van der Waals surface area contributed by atoms with Crippen LogP contribution in [-0.4, -0.2) is 16.1 Å². The first kappa shape index (κ1) is 10.2. The molecule has 1 aliphatic carbocycles. The fourth-order valence-corrected chi connectivity index (χ4v) is 3.16. The van der Waals surface area contributed by atoms with Gasteiger partial charge in [-0.15, -0.1) is 0 Å². The van der Waals surface area contributed by atoms with E-state index in [1.54, 1.807) is 0 Å². The molecule has 1 aromatic heterocycles. The van der Waals surface area contributed by atoms with Gasteiger partial charge in [-0.2, -0.15) is 0 Å². The summed E-state index contributed by atoms with van der Waals surface area (Å²) in [5.74, 6) is 1.85. The number of anilines is 1. The molecule has 0 amide bonds. The zero-order valence-electron chi connectivity index (χ0n) is 10.1. The van der Waals surface area contributed by atoms with E-state index in [4.69, 9.17) is 4.98 Å². The molecule has 0 spiro atoms. The maximum atomic E-state index is 4.83. The molecular weight excluding hydrogens is 198 g/mol. The van der Waals surface area contributed by atoms with Crippen molar-refractivity contribution in [3.05, 3.63) is 11.4 Å². The Hall–Kier alpha value is -0.990. The molecule has 3 rings (SSSR count). The summed E-state index contributed by atoms with van der Waals surface area (Å²) >= 11 is 0. The zero-order chi connectivity index (χ0) is 11.0. The second-order valence-electron chi connectivity index (χ2n) is 5.17. The number of nitrogens with zero attached hydrogens (tertiary/aromatic N) is 2. The predicted molar refractivity (Wildman–Crippen MR) is 65.9 cm³/mol. The molecule has 0 atom stereocenters. The Bertz CT molecular complexity index is 375. The van der Waals surface area contributed by atoms with Crippen LogP contribution in [0.2, 0.25) is 0 Å². The molecule has 16 heavy (non-hydrogen) atoms. The van der Waals surface area contributed by atoms with Crippen LogP contribution in [0.4, 0.5) is 5.95 Å². The average molecular weight is 219 g/mol. The lowest BCUT2D eigenvalue weighted by Crippen LogP contribution is -2.17. The molecule has 1 N–H and O–H groups in total. The first-order valence-corrected chi connectivity index (χ1v) is 6.67. The van der Waals surface area contributed by atoms with Crippen LogP contribution in [0.25, 0.3) is 0 Å². The monoisotopic (exact) mass is 219 g/mol. The number of imidazole rings is 1. The van der Waals surface area contributed by atoms with E-state index in [2.05, 4.69) is 16.8 Å². The molecule has 0 saturated heterocycles. The van der Waals surface area contributed by atoms with Gasteiger partial charge in [0.15, 0.2) is 0 Å². The Labute approximate surface area is 97.3 Å². The highest BCUT2D eigenvalue weighted by Gasteiger charge is 2.24. The third kappa shape index (κ3) is 1.62. The van der Waals surface area contributed by atoms with Crippen molar-refractivity contribution < 1.29 is 0 Å². The van der Waals surface area contributed by atoms with Crippen molar-refractivity contribution in [1.82, 2.24) is 9.55 Å². The van der Waals surface area contributed by atoms with Gasteiger partial charge in [0.25, 0.3) is 0 Å². The first-order chi connectivity index (χ1) is 7.86. The van der Waals surface area contributed by atoms with Gasteiger partial charge >= 0.3 is 0 Å². The molecule has 0 aromatic carbocycles. The van der Waals surface area contributed by atoms with E-state index >= 15 is 0 Å². The van der Waals surface area contributed by atoms with E-state index < -0.39 is 0 Å². The van der Waals surface area contributed by atoms with Crippen LogP contribution >= 0.6 is 0 Å². The standard InChI is InChI=1S/C13H21N3/c1-10-12(11-6-3-2-4-7-11)15-13-14-8-5-9-16(10)13/h11H,2-9H2,1H3,(H,14,15). The van der Waals surface area contributed by atoms with Gasteiger partial charge in [-0.3, -0.25) is 0 Å². The van der Waals surface area contributed by atoms with Gasteiger partial charge in [-0.05, 0) is 26.2 Å². The molecule has 0 unspecified atom stereocenters. The Morgan fingerprint density at radius 3 is 2.75 bits per heavy atom. The van der Waals surface area contributed by atoms with Crippen molar-refractivity contribution in [3.63, 3.8) is 0 Å². The topological polar surface area (TPSA) is 29.9 Å². The number of rotatable bonds is 1. The Morgan fingerprint density at radius 2 is 2.00 bits per heavy atom. The molecule has 88 valence electrons. The number of fused-ring (bicyclic) bond motifs is 1. The molecule has 0 radical (unpaired) electrons. The van der Waals surface area contributed by atoms with Crippen molar-refractivity contribution in [2.45, 2.75) is 57.9 Å². The van der Waals surface area contributed by atoms with Crippen molar-refractivity contribution in [3.8, 4) is 0 Å². The Balaban J connectivity index is 1.91. The van der Waals surface area contributed by atoms with Gasteiger partial charge in [-0.25, -0.2) is 4.98 Å². The maximum absolute atomic E-state index is 4.83. The van der Waals surface area contributed by atoms with Crippen molar-refractivity contribution >= 4 is 5.95 Å². The lowest BCUT2D eigenvalue weighted by molar-refractivity contribution is 0.435. The maximum Gasteiger partial charge on any atom is 0.203 e. The van der Waals surface area contributed by atoms with E-state index in [1.807, 2.05) is 0 Å². The van der Waals surface area contributed by atoms with Crippen LogP contribution in [0.3, 0.4) is 0 Å². The van der Waals surface area contributed by atoms with Crippen LogP contribution in [-0.2, 0) is 6.54 Å². The fraction of sp³-hybridized carbons (Fsp3) is 0.769. The molecule has 3 heteroatoms. The largest absolute Gasteiger partial charge is 0.356 e. The summed E-state index contributed by atoms with van der Waals surface area (Å²) in [4.78, 5) is 4.83. The summed E-state index contributed by atoms with van der Waals surface area (Å²) in [5, 5.41) is 3.41. The molecule has 1 saturated carbocycles. The molecule has 3 nitrogen and oxygen atoms in total. The number of hydrogen-bond donors (Lipinski definition) is 1. The van der Waals surface area contributed by atoms with E-state index in [0.29, 0.717) is 0 Å². The molecule has 2 aliphatic rings. The summed E-state index contributed by atoms with van der Waals surface area (Å²) < 4.78 is 2.37. The first-order valence-electron chi connectivity index (χ1n) is 6.67. The van der Waals surface area contributed by atoms with Gasteiger partial charge in [0.1, 0.15) is 0 Å². The van der Waals surface area contributed by atoms with Gasteiger partial charge < -0.3 is 9.88 Å². The molecular formula is C13H21N3. The Morgan fingerprint density at radius 1 is 1.19 bits per heavy atom. The van der Waals surface area contributed by atoms with E-state index in [1.165, 1.54) is 49.9 Å². The SMILES string of the molecule is Cc1c(C2CCCCC2)nc2n1CCCN2. The van der Waals surface area contributed by atoms with Gasteiger partial charge in [0, 0.05) is 24.7 Å². The summed E-state index contributed by atoms with van der Waals surface area (Å²) in [6.07, 6.45) is 8.11. The predicted octanol–water partition coefficient (Wildman–Crippen LogP) is 3.05. The minimum atomic E-state index is 0.730. The highest BCUT2D eigenvalue weighted by atomic mass is 15.2. The van der Waals surface area contributed by atoms with E-state index in [-0.39, 0.29) is 0 Å². The molecule has 1 aromatic rings. The van der Waals surface area contributed by atoms with E-state index in [0.717, 1.165) is 25.0 Å². The van der Waals surface area contributed by atoms with E-state index in [9.17, 15) is 0 Å². The van der Waals surface area contributed by atoms with Crippen molar-refractivity contribution in [1.29, 1.82) is 0 Å². The summed E-state index contributed by atoms with van der Waals surface area (Å²) in [7, 11) is 0. The van der Waals surface area contributed by atoms with Crippen molar-refractivity contribution in [2.75, 3.05) is 11.9 Å². The second kappa shape index (κ2) is 4.11. The zero-order valence-corrected chi connectivity index (χ0v) is 10.1. The summed E-state index contributed by atoms with van der Waals surface area (Å²) in [6.45, 7) is 4.47. The number of aromatic nitrogens is 2. The molecule has 1 aliphatic heterocycles. The van der Waals surface area contributed by atoms with Gasteiger partial charge in [0.05, 0.1) is 5.69 Å². The lowest BCUT2D eigenvalue weighted by atomic mass is 9.86. The summed E-state index contributed by atoms with van der Waals surface area (Å²) in [6, 6.07) is 0. The smallest absolute Gasteiger partial charge is 0.203 e. The van der Waals surface area contributed by atoms with Gasteiger partial charge in [-0.1, -0.05) is 19.3 Å². The van der Waals surface area contributed by atoms with Gasteiger partial charge in [0.2, 0.25) is 5.95 Å².